The van der Waals surface area contributed by atoms with E-state index >= 15 is 0 Å². The van der Waals surface area contributed by atoms with E-state index in [0.29, 0.717) is 5.82 Å². The lowest BCUT2D eigenvalue weighted by Crippen LogP contribution is -1.97. The first kappa shape index (κ1) is 11.9. The van der Waals surface area contributed by atoms with Crippen molar-refractivity contribution in [2.75, 3.05) is 6.26 Å². The van der Waals surface area contributed by atoms with Crippen molar-refractivity contribution in [1.29, 1.82) is 0 Å². The minimum absolute atomic E-state index is 0.696. The van der Waals surface area contributed by atoms with Crippen molar-refractivity contribution in [3.05, 3.63) is 54.9 Å². The molecule has 0 aliphatic heterocycles. The molecule has 5 heteroatoms. The van der Waals surface area contributed by atoms with E-state index < -0.39 is 0 Å². The Kier molecular flexibility index (Phi) is 3.29. The minimum atomic E-state index is 0.696. The number of para-hydroxylation sites is 1. The number of nitrogens with zero attached hydrogens (tertiary/aromatic N) is 4. The Hall–Kier alpha value is -2.14. The molecular formula is C14H12N4S. The smallest absolute Gasteiger partial charge is 0.191 e. The maximum absolute atomic E-state index is 4.57. The molecule has 0 aliphatic carbocycles. The van der Waals surface area contributed by atoms with Gasteiger partial charge in [-0.05, 0) is 30.5 Å². The molecule has 0 fully saturated rings. The highest BCUT2D eigenvalue weighted by atomic mass is 32.2. The zero-order valence-electron chi connectivity index (χ0n) is 10.4. The molecule has 19 heavy (non-hydrogen) atoms. The van der Waals surface area contributed by atoms with Crippen molar-refractivity contribution >= 4 is 11.8 Å². The van der Waals surface area contributed by atoms with E-state index in [9.17, 15) is 0 Å². The van der Waals surface area contributed by atoms with Crippen molar-refractivity contribution in [2.45, 2.75) is 5.16 Å². The average Bonchev–Trinajstić information content (AvgIpc) is 2.93. The quantitative estimate of drug-likeness (QED) is 0.685. The van der Waals surface area contributed by atoms with Gasteiger partial charge in [0.2, 0.25) is 0 Å². The predicted octanol–water partition coefficient (Wildman–Crippen LogP) is 3.05. The van der Waals surface area contributed by atoms with Crippen LogP contribution in [0.1, 0.15) is 0 Å². The van der Waals surface area contributed by atoms with Crippen molar-refractivity contribution in [2.24, 2.45) is 0 Å². The Morgan fingerprint density at radius 3 is 2.58 bits per heavy atom. The molecule has 0 spiro atoms. The van der Waals surface area contributed by atoms with Gasteiger partial charge >= 0.3 is 0 Å². The van der Waals surface area contributed by atoms with Crippen molar-refractivity contribution in [3.8, 4) is 17.1 Å². The van der Waals surface area contributed by atoms with Gasteiger partial charge in [-0.3, -0.25) is 4.98 Å². The van der Waals surface area contributed by atoms with Crippen LogP contribution in [0, 0.1) is 0 Å². The summed E-state index contributed by atoms with van der Waals surface area (Å²) < 4.78 is 1.85. The second kappa shape index (κ2) is 5.24. The molecule has 0 N–H and O–H groups in total. The maximum Gasteiger partial charge on any atom is 0.191 e. The number of aromatic nitrogens is 4. The van der Waals surface area contributed by atoms with Crippen LogP contribution in [-0.4, -0.2) is 26.0 Å². The van der Waals surface area contributed by atoms with Crippen LogP contribution in [0.2, 0.25) is 0 Å². The van der Waals surface area contributed by atoms with Gasteiger partial charge in [-0.25, -0.2) is 9.67 Å². The van der Waals surface area contributed by atoms with Crippen LogP contribution < -0.4 is 0 Å². The SMILES string of the molecule is CSc1nc(-c2cccnc2)nn1-c1ccccc1. The molecule has 0 aliphatic rings. The summed E-state index contributed by atoms with van der Waals surface area (Å²) >= 11 is 1.57. The van der Waals surface area contributed by atoms with Crippen LogP contribution in [-0.2, 0) is 0 Å². The summed E-state index contributed by atoms with van der Waals surface area (Å²) in [6.07, 6.45) is 5.51. The maximum atomic E-state index is 4.57. The number of rotatable bonds is 3. The van der Waals surface area contributed by atoms with E-state index in [1.54, 1.807) is 24.2 Å². The Labute approximate surface area is 115 Å². The largest absolute Gasteiger partial charge is 0.264 e. The highest BCUT2D eigenvalue weighted by Crippen LogP contribution is 2.22. The van der Waals surface area contributed by atoms with Gasteiger partial charge in [0.05, 0.1) is 5.69 Å². The van der Waals surface area contributed by atoms with Crippen molar-refractivity contribution in [1.82, 2.24) is 19.7 Å². The molecular weight excluding hydrogens is 256 g/mol. The number of hydrogen-bond acceptors (Lipinski definition) is 4. The topological polar surface area (TPSA) is 43.6 Å². The van der Waals surface area contributed by atoms with Crippen LogP contribution in [0.3, 0.4) is 0 Å². The lowest BCUT2D eigenvalue weighted by molar-refractivity contribution is 0.788. The zero-order valence-corrected chi connectivity index (χ0v) is 11.2. The summed E-state index contributed by atoms with van der Waals surface area (Å²) in [6, 6.07) is 13.8. The van der Waals surface area contributed by atoms with Crippen LogP contribution in [0.25, 0.3) is 17.1 Å². The van der Waals surface area contributed by atoms with Gasteiger partial charge in [0.25, 0.3) is 0 Å². The summed E-state index contributed by atoms with van der Waals surface area (Å²) in [5.41, 5.74) is 1.93. The van der Waals surface area contributed by atoms with Crippen LogP contribution in [0.5, 0.6) is 0 Å². The summed E-state index contributed by atoms with van der Waals surface area (Å²) in [5.74, 6) is 0.696. The fourth-order valence-corrected chi connectivity index (χ4v) is 2.28. The van der Waals surface area contributed by atoms with Gasteiger partial charge in [0.1, 0.15) is 0 Å². The summed E-state index contributed by atoms with van der Waals surface area (Å²) in [5, 5.41) is 5.43. The number of hydrogen-bond donors (Lipinski definition) is 0. The fraction of sp³-hybridized carbons (Fsp3) is 0.0714. The first-order chi connectivity index (χ1) is 9.38. The second-order valence-electron chi connectivity index (χ2n) is 3.91. The third-order valence-corrected chi connectivity index (χ3v) is 3.31. The Bertz CT molecular complexity index is 664. The molecule has 0 amide bonds. The lowest BCUT2D eigenvalue weighted by Gasteiger charge is -2.02. The second-order valence-corrected chi connectivity index (χ2v) is 4.68. The van der Waals surface area contributed by atoms with E-state index in [1.165, 1.54) is 0 Å². The zero-order chi connectivity index (χ0) is 13.1. The van der Waals surface area contributed by atoms with E-state index in [-0.39, 0.29) is 0 Å². The highest BCUT2D eigenvalue weighted by molar-refractivity contribution is 7.98. The number of thioether (sulfide) groups is 1. The van der Waals surface area contributed by atoms with E-state index in [0.717, 1.165) is 16.4 Å². The summed E-state index contributed by atoms with van der Waals surface area (Å²) in [7, 11) is 0. The van der Waals surface area contributed by atoms with Gasteiger partial charge in [0.15, 0.2) is 11.0 Å². The van der Waals surface area contributed by atoms with Gasteiger partial charge in [0, 0.05) is 18.0 Å². The molecule has 2 heterocycles. The molecule has 0 atom stereocenters. The van der Waals surface area contributed by atoms with E-state index in [4.69, 9.17) is 0 Å². The summed E-state index contributed by atoms with van der Waals surface area (Å²) in [4.78, 5) is 8.65. The van der Waals surface area contributed by atoms with Crippen molar-refractivity contribution in [3.63, 3.8) is 0 Å². The molecule has 94 valence electrons. The van der Waals surface area contributed by atoms with Crippen LogP contribution in [0.4, 0.5) is 0 Å². The Morgan fingerprint density at radius 1 is 1.05 bits per heavy atom. The molecule has 0 bridgehead atoms. The van der Waals surface area contributed by atoms with Crippen LogP contribution in [0.15, 0.2) is 60.0 Å². The normalized spacial score (nSPS) is 10.6. The molecule has 0 saturated carbocycles. The molecule has 4 nitrogen and oxygen atoms in total. The third kappa shape index (κ3) is 2.37. The fourth-order valence-electron chi connectivity index (χ4n) is 1.78. The molecule has 1 aromatic carbocycles. The van der Waals surface area contributed by atoms with Gasteiger partial charge in [-0.15, -0.1) is 5.10 Å². The first-order valence-corrected chi connectivity index (χ1v) is 7.08. The Balaban J connectivity index is 2.09. The van der Waals surface area contributed by atoms with E-state index in [2.05, 4.69) is 15.1 Å². The average molecular weight is 268 g/mol. The lowest BCUT2D eigenvalue weighted by atomic mass is 10.3. The first-order valence-electron chi connectivity index (χ1n) is 5.85. The van der Waals surface area contributed by atoms with Gasteiger partial charge in [-0.1, -0.05) is 30.0 Å². The molecule has 0 radical (unpaired) electrons. The predicted molar refractivity (Wildman–Crippen MR) is 76.4 cm³/mol. The highest BCUT2D eigenvalue weighted by Gasteiger charge is 2.11. The summed E-state index contributed by atoms with van der Waals surface area (Å²) in [6.45, 7) is 0. The number of pyridine rings is 1. The minimum Gasteiger partial charge on any atom is -0.264 e. The van der Waals surface area contributed by atoms with Crippen molar-refractivity contribution < 1.29 is 0 Å². The van der Waals surface area contributed by atoms with Crippen LogP contribution >= 0.6 is 11.8 Å². The monoisotopic (exact) mass is 268 g/mol. The molecule has 0 saturated heterocycles. The van der Waals surface area contributed by atoms with Gasteiger partial charge < -0.3 is 0 Å². The molecule has 2 aromatic heterocycles. The molecule has 3 aromatic rings. The molecule has 0 unspecified atom stereocenters. The third-order valence-electron chi connectivity index (χ3n) is 2.68. The van der Waals surface area contributed by atoms with Gasteiger partial charge in [-0.2, -0.15) is 0 Å². The van der Waals surface area contributed by atoms with E-state index in [1.807, 2.05) is 53.4 Å². The number of benzene rings is 1. The molecule has 3 rings (SSSR count). The standard InChI is InChI=1S/C14H12N4S/c1-19-14-16-13(11-6-5-9-15-10-11)17-18(14)12-7-3-2-4-8-12/h2-10H,1H3. The Morgan fingerprint density at radius 2 is 1.89 bits per heavy atom.